The van der Waals surface area contributed by atoms with Crippen molar-refractivity contribution in [3.63, 3.8) is 0 Å². The van der Waals surface area contributed by atoms with Crippen molar-refractivity contribution in [2.45, 2.75) is 26.9 Å². The van der Waals surface area contributed by atoms with Gasteiger partial charge in [-0.05, 0) is 25.5 Å². The number of anilines is 1. The second kappa shape index (κ2) is 4.74. The van der Waals surface area contributed by atoms with E-state index in [9.17, 15) is 0 Å². The first-order chi connectivity index (χ1) is 7.81. The Bertz CT molecular complexity index is 463. The molecule has 0 aliphatic carbocycles. The van der Waals surface area contributed by atoms with Gasteiger partial charge >= 0.3 is 0 Å². The molecule has 1 N–H and O–H groups in total. The highest BCUT2D eigenvalue weighted by atomic mass is 15.3. The molecule has 16 heavy (non-hydrogen) atoms. The van der Waals surface area contributed by atoms with Crippen molar-refractivity contribution in [1.29, 1.82) is 0 Å². The third-order valence-corrected chi connectivity index (χ3v) is 2.46. The van der Waals surface area contributed by atoms with Crippen LogP contribution in [0.5, 0.6) is 0 Å². The van der Waals surface area contributed by atoms with Crippen LogP contribution in [-0.4, -0.2) is 19.7 Å². The van der Waals surface area contributed by atoms with Gasteiger partial charge in [-0.15, -0.1) is 10.2 Å². The Hall–Kier alpha value is -1.91. The van der Waals surface area contributed by atoms with Crippen LogP contribution >= 0.6 is 0 Å². The van der Waals surface area contributed by atoms with E-state index in [4.69, 9.17) is 0 Å². The highest BCUT2D eigenvalue weighted by molar-refractivity contribution is 5.42. The molecule has 0 aliphatic heterocycles. The smallest absolute Gasteiger partial charge is 0.152 e. The zero-order valence-corrected chi connectivity index (χ0v) is 9.51. The third kappa shape index (κ3) is 2.18. The Labute approximate surface area is 94.5 Å². The van der Waals surface area contributed by atoms with Crippen molar-refractivity contribution in [2.24, 2.45) is 0 Å². The van der Waals surface area contributed by atoms with Crippen LogP contribution in [0.25, 0.3) is 0 Å². The summed E-state index contributed by atoms with van der Waals surface area (Å²) in [5.74, 6) is 1.82. The molecular weight excluding hydrogens is 202 g/mol. The Balaban J connectivity index is 2.05. The van der Waals surface area contributed by atoms with Gasteiger partial charge in [0.1, 0.15) is 12.1 Å². The molecule has 0 amide bonds. The van der Waals surface area contributed by atoms with Crippen LogP contribution in [0, 0.1) is 6.92 Å². The fourth-order valence-electron chi connectivity index (χ4n) is 1.51. The van der Waals surface area contributed by atoms with Crippen LogP contribution in [0.4, 0.5) is 5.82 Å². The summed E-state index contributed by atoms with van der Waals surface area (Å²) in [5.41, 5.74) is 1.13. The average Bonchev–Trinajstić information content (AvgIpc) is 2.75. The minimum Gasteiger partial charge on any atom is -0.363 e. The number of aryl methyl sites for hydroxylation is 2. The molecule has 2 aromatic rings. The van der Waals surface area contributed by atoms with Crippen LogP contribution in [0.15, 0.2) is 24.7 Å². The quantitative estimate of drug-likeness (QED) is 0.845. The number of aromatic nitrogens is 4. The van der Waals surface area contributed by atoms with Crippen LogP contribution in [-0.2, 0) is 13.1 Å². The Morgan fingerprint density at radius 3 is 3.06 bits per heavy atom. The summed E-state index contributed by atoms with van der Waals surface area (Å²) in [4.78, 5) is 4.26. The fraction of sp³-hybridized carbons (Fsp3) is 0.364. The number of rotatable bonds is 4. The van der Waals surface area contributed by atoms with Crippen molar-refractivity contribution < 1.29 is 0 Å². The number of nitrogens with one attached hydrogen (secondary N) is 1. The van der Waals surface area contributed by atoms with E-state index in [1.165, 1.54) is 0 Å². The van der Waals surface area contributed by atoms with Gasteiger partial charge in [0, 0.05) is 12.7 Å². The first-order valence-electron chi connectivity index (χ1n) is 5.33. The predicted octanol–water partition coefficient (Wildman–Crippen LogP) is 1.61. The largest absolute Gasteiger partial charge is 0.363 e. The van der Waals surface area contributed by atoms with Crippen molar-refractivity contribution in [3.8, 4) is 0 Å². The van der Waals surface area contributed by atoms with Crippen molar-refractivity contribution in [3.05, 3.63) is 36.0 Å². The first-order valence-corrected chi connectivity index (χ1v) is 5.33. The molecule has 0 saturated heterocycles. The summed E-state index contributed by atoms with van der Waals surface area (Å²) in [6.07, 6.45) is 3.52. The molecule has 0 aromatic carbocycles. The standard InChI is InChI=1S/C11H15N5/c1-3-16-8-14-15-10(16)7-13-11-9(2)5-4-6-12-11/h4-6,8H,3,7H2,1-2H3,(H,12,13). The third-order valence-electron chi connectivity index (χ3n) is 2.46. The number of nitrogens with zero attached hydrogens (tertiary/aromatic N) is 4. The van der Waals surface area contributed by atoms with Gasteiger partial charge < -0.3 is 9.88 Å². The number of hydrogen-bond acceptors (Lipinski definition) is 4. The fourth-order valence-corrected chi connectivity index (χ4v) is 1.51. The molecule has 0 unspecified atom stereocenters. The molecule has 0 bridgehead atoms. The highest BCUT2D eigenvalue weighted by Gasteiger charge is 2.03. The maximum atomic E-state index is 4.26. The van der Waals surface area contributed by atoms with Crippen LogP contribution < -0.4 is 5.32 Å². The van der Waals surface area contributed by atoms with E-state index in [0.29, 0.717) is 6.54 Å². The summed E-state index contributed by atoms with van der Waals surface area (Å²) in [6.45, 7) is 5.62. The molecule has 84 valence electrons. The van der Waals surface area contributed by atoms with E-state index < -0.39 is 0 Å². The Morgan fingerprint density at radius 1 is 1.44 bits per heavy atom. The molecular formula is C11H15N5. The van der Waals surface area contributed by atoms with E-state index in [2.05, 4.69) is 27.4 Å². The molecule has 5 heteroatoms. The van der Waals surface area contributed by atoms with Gasteiger partial charge in [-0.3, -0.25) is 0 Å². The highest BCUT2D eigenvalue weighted by Crippen LogP contribution is 2.10. The van der Waals surface area contributed by atoms with Crippen LogP contribution in [0.3, 0.4) is 0 Å². The zero-order valence-electron chi connectivity index (χ0n) is 9.51. The Morgan fingerprint density at radius 2 is 2.31 bits per heavy atom. The molecule has 2 heterocycles. The lowest BCUT2D eigenvalue weighted by molar-refractivity contribution is 0.707. The van der Waals surface area contributed by atoms with Crippen molar-refractivity contribution in [2.75, 3.05) is 5.32 Å². The van der Waals surface area contributed by atoms with E-state index in [1.54, 1.807) is 12.5 Å². The minimum absolute atomic E-state index is 0.645. The summed E-state index contributed by atoms with van der Waals surface area (Å²) in [6, 6.07) is 3.95. The maximum absolute atomic E-state index is 4.26. The number of pyridine rings is 1. The van der Waals surface area contributed by atoms with Crippen LogP contribution in [0.1, 0.15) is 18.3 Å². The average molecular weight is 217 g/mol. The lowest BCUT2D eigenvalue weighted by Crippen LogP contribution is -2.09. The van der Waals surface area contributed by atoms with Gasteiger partial charge in [0.25, 0.3) is 0 Å². The van der Waals surface area contributed by atoms with Crippen LogP contribution in [0.2, 0.25) is 0 Å². The maximum Gasteiger partial charge on any atom is 0.152 e. The Kier molecular flexibility index (Phi) is 3.14. The second-order valence-electron chi connectivity index (χ2n) is 3.56. The predicted molar refractivity (Wildman–Crippen MR) is 62.0 cm³/mol. The summed E-state index contributed by atoms with van der Waals surface area (Å²) >= 11 is 0. The van der Waals surface area contributed by atoms with E-state index in [1.807, 2.05) is 23.6 Å². The molecule has 5 nitrogen and oxygen atoms in total. The molecule has 2 aromatic heterocycles. The van der Waals surface area contributed by atoms with Gasteiger partial charge in [-0.2, -0.15) is 0 Å². The monoisotopic (exact) mass is 217 g/mol. The van der Waals surface area contributed by atoms with Gasteiger partial charge in [-0.1, -0.05) is 6.07 Å². The summed E-state index contributed by atoms with van der Waals surface area (Å²) in [5, 5.41) is 11.2. The SMILES string of the molecule is CCn1cnnc1CNc1ncccc1C. The molecule has 0 saturated carbocycles. The molecule has 0 fully saturated rings. The molecule has 0 aliphatic rings. The lowest BCUT2D eigenvalue weighted by Gasteiger charge is -2.07. The normalized spacial score (nSPS) is 10.4. The van der Waals surface area contributed by atoms with Crippen molar-refractivity contribution in [1.82, 2.24) is 19.7 Å². The first kappa shape index (κ1) is 10.6. The summed E-state index contributed by atoms with van der Waals surface area (Å²) < 4.78 is 2.01. The number of hydrogen-bond donors (Lipinski definition) is 1. The molecule has 0 spiro atoms. The van der Waals surface area contributed by atoms with Gasteiger partial charge in [-0.25, -0.2) is 4.98 Å². The van der Waals surface area contributed by atoms with Gasteiger partial charge in [0.2, 0.25) is 0 Å². The summed E-state index contributed by atoms with van der Waals surface area (Å²) in [7, 11) is 0. The van der Waals surface area contributed by atoms with Gasteiger partial charge in [0.15, 0.2) is 5.82 Å². The minimum atomic E-state index is 0.645. The van der Waals surface area contributed by atoms with E-state index in [0.717, 1.165) is 23.8 Å². The van der Waals surface area contributed by atoms with E-state index >= 15 is 0 Å². The topological polar surface area (TPSA) is 55.6 Å². The van der Waals surface area contributed by atoms with Gasteiger partial charge in [0.05, 0.1) is 6.54 Å². The lowest BCUT2D eigenvalue weighted by atomic mass is 10.3. The molecule has 2 rings (SSSR count). The zero-order chi connectivity index (χ0) is 11.4. The van der Waals surface area contributed by atoms with E-state index in [-0.39, 0.29) is 0 Å². The molecule has 0 atom stereocenters. The molecule has 0 radical (unpaired) electrons. The second-order valence-corrected chi connectivity index (χ2v) is 3.56. The van der Waals surface area contributed by atoms with Crippen molar-refractivity contribution >= 4 is 5.82 Å².